The molecule has 5 aromatic rings. The largest absolute Gasteiger partial charge is 0.493 e. The first kappa shape index (κ1) is 28.4. The molecule has 4 N–H and O–H groups in total. The van der Waals surface area contributed by atoms with Crippen LogP contribution < -0.4 is 30.6 Å². The third-order valence-corrected chi connectivity index (χ3v) is 7.34. The molecule has 0 radical (unpaired) electrons. The van der Waals surface area contributed by atoms with E-state index in [-0.39, 0.29) is 17.3 Å². The minimum atomic E-state index is -0.487. The summed E-state index contributed by atoms with van der Waals surface area (Å²) >= 11 is 1.22. The average molecular weight is 591 g/mol. The van der Waals surface area contributed by atoms with Crippen LogP contribution in [0.1, 0.15) is 21.5 Å². The van der Waals surface area contributed by atoms with Gasteiger partial charge in [-0.1, -0.05) is 28.6 Å². The molecule has 3 aromatic carbocycles. The van der Waals surface area contributed by atoms with Crippen molar-refractivity contribution in [2.45, 2.75) is 13.8 Å². The lowest BCUT2D eigenvalue weighted by molar-refractivity contribution is 0.102. The van der Waals surface area contributed by atoms with E-state index in [2.05, 4.69) is 25.8 Å². The van der Waals surface area contributed by atoms with E-state index in [9.17, 15) is 9.18 Å². The van der Waals surface area contributed by atoms with Crippen LogP contribution in [0.5, 0.6) is 17.2 Å². The molecule has 0 aliphatic rings. The van der Waals surface area contributed by atoms with Gasteiger partial charge >= 0.3 is 0 Å². The lowest BCUT2D eigenvalue weighted by Crippen LogP contribution is -2.13. The maximum atomic E-state index is 13.7. The number of aryl methyl sites for hydroxylation is 2. The fourth-order valence-electron chi connectivity index (χ4n) is 4.22. The Hall–Kier alpha value is -5.17. The van der Waals surface area contributed by atoms with E-state index in [1.54, 1.807) is 37.3 Å². The summed E-state index contributed by atoms with van der Waals surface area (Å²) in [4.78, 5) is 22.2. The fourth-order valence-corrected chi connectivity index (χ4v) is 5.05. The highest BCUT2D eigenvalue weighted by Crippen LogP contribution is 2.42. The van der Waals surface area contributed by atoms with Crippen LogP contribution in [0.3, 0.4) is 0 Å². The maximum absolute atomic E-state index is 13.7. The number of hydrogen-bond acceptors (Lipinski definition) is 11. The van der Waals surface area contributed by atoms with Crippen LogP contribution in [0, 0.1) is 19.7 Å². The Morgan fingerprint density at radius 3 is 2.33 bits per heavy atom. The number of halogens is 1. The monoisotopic (exact) mass is 590 g/mol. The van der Waals surface area contributed by atoms with Gasteiger partial charge in [-0.3, -0.25) is 4.79 Å². The number of carbonyl (C=O) groups excluding carboxylic acids is 1. The summed E-state index contributed by atoms with van der Waals surface area (Å²) in [6, 6.07) is 12.9. The zero-order chi connectivity index (χ0) is 30.0. The number of rotatable bonds is 9. The highest BCUT2D eigenvalue weighted by molar-refractivity contribution is 7.19. The van der Waals surface area contributed by atoms with Gasteiger partial charge in [0, 0.05) is 34.6 Å². The number of nitrogens with one attached hydrogen (secondary N) is 2. The van der Waals surface area contributed by atoms with Gasteiger partial charge in [0.2, 0.25) is 11.6 Å². The number of thiazole rings is 1. The van der Waals surface area contributed by atoms with Crippen molar-refractivity contribution >= 4 is 39.6 Å². The second-order valence-corrected chi connectivity index (χ2v) is 10.1. The normalized spacial score (nSPS) is 10.8. The first-order valence-corrected chi connectivity index (χ1v) is 13.4. The lowest BCUT2D eigenvalue weighted by atomic mass is 10.1. The summed E-state index contributed by atoms with van der Waals surface area (Å²) in [6.45, 7) is 3.63. The number of hydrogen-bond donors (Lipinski definition) is 3. The molecule has 0 aliphatic heterocycles. The van der Waals surface area contributed by atoms with E-state index < -0.39 is 11.7 Å². The van der Waals surface area contributed by atoms with Crippen LogP contribution in [0.4, 0.5) is 26.7 Å². The molecule has 0 atom stereocenters. The highest BCUT2D eigenvalue weighted by atomic mass is 32.1. The van der Waals surface area contributed by atoms with E-state index in [1.165, 1.54) is 44.8 Å². The van der Waals surface area contributed by atoms with Crippen LogP contribution in [-0.4, -0.2) is 42.4 Å². The number of methoxy groups -OCH3 is 3. The molecule has 11 nitrogen and oxygen atoms in total. The number of amides is 1. The van der Waals surface area contributed by atoms with Gasteiger partial charge < -0.3 is 35.1 Å². The highest BCUT2D eigenvalue weighted by Gasteiger charge is 2.21. The van der Waals surface area contributed by atoms with Gasteiger partial charge in [-0.15, -0.1) is 0 Å². The Bertz CT molecular complexity index is 1760. The van der Waals surface area contributed by atoms with Crippen LogP contribution in [-0.2, 0) is 0 Å². The molecule has 0 spiro atoms. The molecule has 0 saturated carbocycles. The zero-order valence-corrected chi connectivity index (χ0v) is 24.2. The van der Waals surface area contributed by atoms with Crippen molar-refractivity contribution in [1.82, 2.24) is 15.1 Å². The quantitative estimate of drug-likeness (QED) is 0.181. The molecule has 216 valence electrons. The van der Waals surface area contributed by atoms with Crippen molar-refractivity contribution in [1.29, 1.82) is 0 Å². The predicted molar refractivity (Wildman–Crippen MR) is 158 cm³/mol. The molecule has 0 bridgehead atoms. The Morgan fingerprint density at radius 2 is 1.64 bits per heavy atom. The topological polar surface area (TPSA) is 147 Å². The number of anilines is 4. The van der Waals surface area contributed by atoms with Crippen molar-refractivity contribution in [3.05, 3.63) is 71.0 Å². The number of aromatic nitrogens is 3. The summed E-state index contributed by atoms with van der Waals surface area (Å²) in [6.07, 6.45) is 0. The summed E-state index contributed by atoms with van der Waals surface area (Å²) < 4.78 is 35.5. The molecule has 0 fully saturated rings. The molecular weight excluding hydrogens is 563 g/mol. The average Bonchev–Trinajstić information content (AvgIpc) is 3.61. The molecule has 0 saturated heterocycles. The van der Waals surface area contributed by atoms with Gasteiger partial charge in [-0.25, -0.2) is 9.37 Å². The number of nitrogens with zero attached hydrogens (tertiary/aromatic N) is 3. The second kappa shape index (κ2) is 11.7. The first-order chi connectivity index (χ1) is 20.2. The van der Waals surface area contributed by atoms with Gasteiger partial charge in [0.1, 0.15) is 16.5 Å². The van der Waals surface area contributed by atoms with E-state index in [0.717, 1.165) is 5.56 Å². The van der Waals surface area contributed by atoms with Crippen molar-refractivity contribution in [2.24, 2.45) is 0 Å². The summed E-state index contributed by atoms with van der Waals surface area (Å²) in [5.74, 6) is 1.18. The Kier molecular flexibility index (Phi) is 7.93. The van der Waals surface area contributed by atoms with Crippen molar-refractivity contribution in [2.75, 3.05) is 37.7 Å². The van der Waals surface area contributed by atoms with E-state index in [0.29, 0.717) is 55.6 Å². The summed E-state index contributed by atoms with van der Waals surface area (Å²) in [5, 5.41) is 10.6. The van der Waals surface area contributed by atoms with Crippen LogP contribution in [0.25, 0.3) is 22.2 Å². The molecular formula is C29H27FN6O5S. The first-order valence-electron chi connectivity index (χ1n) is 12.6. The zero-order valence-electron chi connectivity index (χ0n) is 23.4. The molecule has 5 rings (SSSR count). The van der Waals surface area contributed by atoms with Crippen molar-refractivity contribution in [3.8, 4) is 39.4 Å². The Labute approximate surface area is 244 Å². The van der Waals surface area contributed by atoms with Gasteiger partial charge in [-0.2, -0.15) is 4.98 Å². The second-order valence-electron chi connectivity index (χ2n) is 9.14. The molecule has 1 amide bonds. The van der Waals surface area contributed by atoms with Crippen molar-refractivity contribution in [3.63, 3.8) is 0 Å². The van der Waals surface area contributed by atoms with Crippen LogP contribution >= 0.6 is 11.3 Å². The number of nitrogen functional groups attached to an aromatic ring is 1. The number of benzene rings is 3. The minimum Gasteiger partial charge on any atom is -0.493 e. The van der Waals surface area contributed by atoms with E-state index in [1.807, 2.05) is 13.0 Å². The molecule has 2 heterocycles. The molecule has 42 heavy (non-hydrogen) atoms. The fraction of sp³-hybridized carbons (Fsp3) is 0.172. The van der Waals surface area contributed by atoms with Crippen LogP contribution in [0.15, 0.2) is 53.1 Å². The number of nitrogens with two attached hydrogens (primary N) is 1. The maximum Gasteiger partial charge on any atom is 0.272 e. The van der Waals surface area contributed by atoms with E-state index in [4.69, 9.17) is 24.5 Å². The van der Waals surface area contributed by atoms with Gasteiger partial charge in [0.15, 0.2) is 16.6 Å². The molecule has 2 aromatic heterocycles. The number of ether oxygens (including phenoxy) is 3. The van der Waals surface area contributed by atoms with Gasteiger partial charge in [0.05, 0.1) is 21.3 Å². The lowest BCUT2D eigenvalue weighted by Gasteiger charge is -2.14. The summed E-state index contributed by atoms with van der Waals surface area (Å²) in [5.41, 5.74) is 9.73. The minimum absolute atomic E-state index is 0.183. The van der Waals surface area contributed by atoms with Gasteiger partial charge in [-0.05, 0) is 49.2 Å². The van der Waals surface area contributed by atoms with Crippen LogP contribution in [0.2, 0.25) is 0 Å². The molecule has 0 unspecified atom stereocenters. The summed E-state index contributed by atoms with van der Waals surface area (Å²) in [7, 11) is 4.59. The molecule has 0 aliphatic carbocycles. The van der Waals surface area contributed by atoms with Gasteiger partial charge in [0.25, 0.3) is 11.8 Å². The Balaban J connectivity index is 1.38. The number of carbonyl (C=O) groups is 1. The molecule has 13 heteroatoms. The predicted octanol–water partition coefficient (Wildman–Crippen LogP) is 6.22. The smallest absolute Gasteiger partial charge is 0.272 e. The van der Waals surface area contributed by atoms with E-state index >= 15 is 0 Å². The standard InChI is InChI=1S/C29H27FN6O5S/c1-14-7-9-17(32-27(37)20-10-16(30)8-6-15(20)2)11-19(14)26-35-28(41-36-26)24-25(31)34-29(42-24)33-18-12-21(38-3)23(40-5)22(13-18)39-4/h6-13H,31H2,1-5H3,(H,32,37)(H,33,34). The third-order valence-electron chi connectivity index (χ3n) is 6.37. The third kappa shape index (κ3) is 5.67. The Morgan fingerprint density at radius 1 is 0.929 bits per heavy atom. The SMILES string of the molecule is COc1cc(Nc2nc(N)c(-c3nc(-c4cc(NC(=O)c5cc(F)ccc5C)ccc4C)no3)s2)cc(OC)c1OC. The van der Waals surface area contributed by atoms with Crippen molar-refractivity contribution < 1.29 is 27.9 Å².